The number of rotatable bonds is 8. The summed E-state index contributed by atoms with van der Waals surface area (Å²) >= 11 is 0. The Kier molecular flexibility index (Phi) is 8.34. The van der Waals surface area contributed by atoms with Crippen molar-refractivity contribution in [3.63, 3.8) is 0 Å². The molecule has 0 spiro atoms. The number of anilines is 1. The number of piperidine rings is 1. The molecule has 2 aromatic rings. The molecule has 1 saturated heterocycles. The van der Waals surface area contributed by atoms with Gasteiger partial charge in [0, 0.05) is 19.1 Å². The molecule has 34 heavy (non-hydrogen) atoms. The molecule has 1 heterocycles. The highest BCUT2D eigenvalue weighted by atomic mass is 16.6. The van der Waals surface area contributed by atoms with Crippen LogP contribution in [0, 0.1) is 5.92 Å². The van der Waals surface area contributed by atoms with E-state index in [-0.39, 0.29) is 43.5 Å². The van der Waals surface area contributed by atoms with Crippen LogP contribution in [-0.4, -0.2) is 59.0 Å². The Hall–Kier alpha value is -3.75. The maximum Gasteiger partial charge on any atom is 0.414 e. The number of carbonyl (C=O) groups is 3. The van der Waals surface area contributed by atoms with Crippen LogP contribution in [0.4, 0.5) is 15.3 Å². The molecule has 3 rings (SSSR count). The fourth-order valence-corrected chi connectivity index (χ4v) is 3.79. The van der Waals surface area contributed by atoms with Crippen molar-refractivity contribution in [3.05, 3.63) is 59.7 Å². The van der Waals surface area contributed by atoms with E-state index < -0.39 is 24.2 Å². The van der Waals surface area contributed by atoms with Crippen molar-refractivity contribution in [2.75, 3.05) is 24.6 Å². The number of ether oxygens (including phenoxy) is 2. The summed E-state index contributed by atoms with van der Waals surface area (Å²) in [7, 11) is 0. The second-order valence-corrected chi connectivity index (χ2v) is 8.60. The van der Waals surface area contributed by atoms with Crippen molar-refractivity contribution in [1.29, 1.82) is 0 Å². The monoisotopic (exact) mass is 470 g/mol. The highest BCUT2D eigenvalue weighted by Gasteiger charge is 2.34. The first kappa shape index (κ1) is 24.9. The van der Waals surface area contributed by atoms with Crippen LogP contribution < -0.4 is 9.64 Å². The van der Waals surface area contributed by atoms with Crippen LogP contribution in [0.15, 0.2) is 48.5 Å². The van der Waals surface area contributed by atoms with Gasteiger partial charge in [-0.3, -0.25) is 4.90 Å². The summed E-state index contributed by atoms with van der Waals surface area (Å²) in [5, 5.41) is 19.2. The minimum atomic E-state index is -1.20. The molecule has 0 bridgehead atoms. The Balaban J connectivity index is 1.87. The van der Waals surface area contributed by atoms with Gasteiger partial charge in [0.05, 0.1) is 17.9 Å². The molecule has 1 fully saturated rings. The standard InChI is InChI=1S/C25H30N2O7/c1-17(2)15-34-25(32)27(19-10-12-26(13-11-19)24(30)31)22-9-8-20(14-21(22)23(28)29)33-16-18-6-4-3-5-7-18/h3-9,14,17,19H,10-13,15-16H2,1-2H3,(H,28,29)(H,30,31). The zero-order valence-electron chi connectivity index (χ0n) is 19.3. The number of carboxylic acids is 1. The predicted molar refractivity (Wildman–Crippen MR) is 125 cm³/mol. The van der Waals surface area contributed by atoms with Crippen LogP contribution in [0.5, 0.6) is 5.75 Å². The molecule has 0 aromatic heterocycles. The summed E-state index contributed by atoms with van der Waals surface area (Å²) in [5.74, 6) is -0.738. The van der Waals surface area contributed by atoms with Gasteiger partial charge in [-0.05, 0) is 42.5 Å². The summed E-state index contributed by atoms with van der Waals surface area (Å²) < 4.78 is 11.2. The number of carbonyl (C=O) groups excluding carboxylic acids is 1. The van der Waals surface area contributed by atoms with Gasteiger partial charge in [-0.1, -0.05) is 44.2 Å². The summed E-state index contributed by atoms with van der Waals surface area (Å²) in [4.78, 5) is 39.2. The smallest absolute Gasteiger partial charge is 0.414 e. The van der Waals surface area contributed by atoms with Gasteiger partial charge in [0.2, 0.25) is 0 Å². The van der Waals surface area contributed by atoms with Crippen molar-refractivity contribution in [2.24, 2.45) is 5.92 Å². The number of nitrogens with zero attached hydrogens (tertiary/aromatic N) is 2. The van der Waals surface area contributed by atoms with E-state index in [1.807, 2.05) is 44.2 Å². The van der Waals surface area contributed by atoms with Crippen LogP contribution in [0.2, 0.25) is 0 Å². The van der Waals surface area contributed by atoms with Crippen molar-refractivity contribution < 1.29 is 34.1 Å². The van der Waals surface area contributed by atoms with E-state index in [0.29, 0.717) is 18.6 Å². The van der Waals surface area contributed by atoms with Crippen LogP contribution in [-0.2, 0) is 11.3 Å². The fourth-order valence-electron chi connectivity index (χ4n) is 3.79. The first-order valence-electron chi connectivity index (χ1n) is 11.2. The van der Waals surface area contributed by atoms with Gasteiger partial charge in [0.25, 0.3) is 0 Å². The molecule has 1 aliphatic heterocycles. The highest BCUT2D eigenvalue weighted by molar-refractivity contribution is 6.00. The second-order valence-electron chi connectivity index (χ2n) is 8.60. The van der Waals surface area contributed by atoms with Crippen LogP contribution in [0.25, 0.3) is 0 Å². The molecule has 0 saturated carbocycles. The van der Waals surface area contributed by atoms with Crippen LogP contribution >= 0.6 is 0 Å². The van der Waals surface area contributed by atoms with E-state index in [2.05, 4.69) is 0 Å². The van der Waals surface area contributed by atoms with Crippen LogP contribution in [0.1, 0.15) is 42.6 Å². The molecule has 0 atom stereocenters. The van der Waals surface area contributed by atoms with Crippen molar-refractivity contribution in [1.82, 2.24) is 4.90 Å². The Morgan fingerprint density at radius 1 is 1.06 bits per heavy atom. The first-order valence-corrected chi connectivity index (χ1v) is 11.2. The Labute approximate surface area is 198 Å². The molecular formula is C25H30N2O7. The molecule has 2 N–H and O–H groups in total. The third-order valence-corrected chi connectivity index (χ3v) is 5.54. The summed E-state index contributed by atoms with van der Waals surface area (Å²) in [6.07, 6.45) is -0.926. The molecule has 2 aromatic carbocycles. The molecule has 0 aliphatic carbocycles. The lowest BCUT2D eigenvalue weighted by atomic mass is 10.0. The van der Waals surface area contributed by atoms with E-state index in [0.717, 1.165) is 5.56 Å². The Bertz CT molecular complexity index is 1000. The second kappa shape index (κ2) is 11.4. The lowest BCUT2D eigenvalue weighted by molar-refractivity contribution is 0.0697. The highest BCUT2D eigenvalue weighted by Crippen LogP contribution is 2.31. The third-order valence-electron chi connectivity index (χ3n) is 5.54. The molecule has 9 heteroatoms. The number of benzene rings is 2. The lowest BCUT2D eigenvalue weighted by Crippen LogP contribution is -2.49. The Morgan fingerprint density at radius 2 is 1.74 bits per heavy atom. The third kappa shape index (κ3) is 6.40. The number of carboxylic acid groups (broad SMARTS) is 2. The van der Waals surface area contributed by atoms with E-state index in [1.165, 1.54) is 15.9 Å². The molecular weight excluding hydrogens is 440 g/mol. The first-order chi connectivity index (χ1) is 16.3. The maximum absolute atomic E-state index is 13.1. The number of amides is 2. The van der Waals surface area contributed by atoms with Gasteiger partial charge in [-0.15, -0.1) is 0 Å². The van der Waals surface area contributed by atoms with E-state index in [1.54, 1.807) is 12.1 Å². The van der Waals surface area contributed by atoms with Crippen LogP contribution in [0.3, 0.4) is 0 Å². The zero-order valence-corrected chi connectivity index (χ0v) is 19.3. The molecule has 1 aliphatic rings. The summed E-state index contributed by atoms with van der Waals surface area (Å²) in [6, 6.07) is 13.7. The molecule has 182 valence electrons. The lowest BCUT2D eigenvalue weighted by Gasteiger charge is -2.37. The van der Waals surface area contributed by atoms with Gasteiger partial charge < -0.3 is 24.6 Å². The molecule has 9 nitrogen and oxygen atoms in total. The number of aromatic carboxylic acids is 1. The number of hydrogen-bond donors (Lipinski definition) is 2. The minimum absolute atomic E-state index is 0.0901. The molecule has 0 radical (unpaired) electrons. The van der Waals surface area contributed by atoms with E-state index in [4.69, 9.17) is 9.47 Å². The molecule has 2 amide bonds. The largest absolute Gasteiger partial charge is 0.489 e. The minimum Gasteiger partial charge on any atom is -0.489 e. The predicted octanol–water partition coefficient (Wildman–Crippen LogP) is 4.71. The quantitative estimate of drug-likeness (QED) is 0.574. The maximum atomic E-state index is 13.1. The fraction of sp³-hybridized carbons (Fsp3) is 0.400. The van der Waals surface area contributed by atoms with Crippen molar-refractivity contribution in [2.45, 2.75) is 39.3 Å². The summed E-state index contributed by atoms with van der Waals surface area (Å²) in [6.45, 7) is 4.76. The van der Waals surface area contributed by atoms with Gasteiger partial charge in [0.1, 0.15) is 12.4 Å². The normalized spacial score (nSPS) is 14.0. The van der Waals surface area contributed by atoms with Gasteiger partial charge >= 0.3 is 18.2 Å². The van der Waals surface area contributed by atoms with E-state index >= 15 is 0 Å². The number of hydrogen-bond acceptors (Lipinski definition) is 5. The topological polar surface area (TPSA) is 117 Å². The Morgan fingerprint density at radius 3 is 2.32 bits per heavy atom. The SMILES string of the molecule is CC(C)COC(=O)N(c1ccc(OCc2ccccc2)cc1C(=O)O)C1CCN(C(=O)O)CC1. The average Bonchev–Trinajstić information content (AvgIpc) is 2.83. The zero-order chi connectivity index (χ0) is 24.7. The summed E-state index contributed by atoms with van der Waals surface area (Å²) in [5.41, 5.74) is 1.04. The average molecular weight is 471 g/mol. The molecule has 0 unspecified atom stereocenters. The van der Waals surface area contributed by atoms with E-state index in [9.17, 15) is 24.6 Å². The van der Waals surface area contributed by atoms with Gasteiger partial charge in [0.15, 0.2) is 0 Å². The number of likely N-dealkylation sites (tertiary alicyclic amines) is 1. The van der Waals surface area contributed by atoms with Crippen molar-refractivity contribution in [3.8, 4) is 5.75 Å². The van der Waals surface area contributed by atoms with Gasteiger partial charge in [-0.2, -0.15) is 0 Å². The van der Waals surface area contributed by atoms with Gasteiger partial charge in [-0.25, -0.2) is 14.4 Å². The van der Waals surface area contributed by atoms with Crippen molar-refractivity contribution >= 4 is 23.8 Å².